The Morgan fingerprint density at radius 2 is 1.92 bits per heavy atom. The lowest BCUT2D eigenvalue weighted by molar-refractivity contribution is -0.137. The van der Waals surface area contributed by atoms with E-state index in [1.54, 1.807) is 0 Å². The topological polar surface area (TPSA) is 85.9 Å². The van der Waals surface area contributed by atoms with E-state index in [-0.39, 0.29) is 30.9 Å². The minimum absolute atomic E-state index is 0.0382. The summed E-state index contributed by atoms with van der Waals surface area (Å²) in [5.74, 6) is -0.227. The van der Waals surface area contributed by atoms with Crippen molar-refractivity contribution >= 4 is 17.7 Å². The van der Waals surface area contributed by atoms with Crippen LogP contribution in [0.4, 0.5) is 23.7 Å². The smallest absolute Gasteiger partial charge is 0.416 e. The number of hydrogen-bond donors (Lipinski definition) is 2. The number of benzene rings is 1. The third-order valence-electron chi connectivity index (χ3n) is 4.09. The second kappa shape index (κ2) is 7.12. The Labute approximate surface area is 146 Å². The quantitative estimate of drug-likeness (QED) is 0.844. The van der Waals surface area contributed by atoms with Crippen LogP contribution in [0.1, 0.15) is 12.5 Å². The van der Waals surface area contributed by atoms with E-state index in [9.17, 15) is 22.8 Å². The molecule has 4 atom stereocenters. The van der Waals surface area contributed by atoms with Crippen LogP contribution in [0.2, 0.25) is 0 Å². The Balaban J connectivity index is 1.57. The van der Waals surface area contributed by atoms with Crippen LogP contribution in [-0.2, 0) is 25.2 Å². The molecule has 2 fully saturated rings. The highest BCUT2D eigenvalue weighted by Gasteiger charge is 2.49. The lowest BCUT2D eigenvalue weighted by Gasteiger charge is -2.17. The van der Waals surface area contributed by atoms with Crippen molar-refractivity contribution in [3.05, 3.63) is 29.8 Å². The lowest BCUT2D eigenvalue weighted by Crippen LogP contribution is -2.43. The summed E-state index contributed by atoms with van der Waals surface area (Å²) in [5, 5.41) is 4.96. The molecule has 0 unspecified atom stereocenters. The number of ether oxygens (including phenoxy) is 3. The fourth-order valence-electron chi connectivity index (χ4n) is 3.01. The van der Waals surface area contributed by atoms with Crippen molar-refractivity contribution in [3.8, 4) is 0 Å². The molecule has 2 N–H and O–H groups in total. The summed E-state index contributed by atoms with van der Waals surface area (Å²) in [6, 6.07) is 3.89. The number of carbonyl (C=O) groups is 2. The van der Waals surface area contributed by atoms with Gasteiger partial charge in [-0.3, -0.25) is 10.1 Å². The summed E-state index contributed by atoms with van der Waals surface area (Å²) in [6.45, 7) is 1.67. The maximum Gasteiger partial charge on any atom is 0.416 e. The monoisotopic (exact) mass is 374 g/mol. The minimum atomic E-state index is -4.51. The number of rotatable bonds is 3. The van der Waals surface area contributed by atoms with E-state index in [2.05, 4.69) is 10.6 Å². The van der Waals surface area contributed by atoms with E-state index in [4.69, 9.17) is 14.2 Å². The average Bonchev–Trinajstić information content (AvgIpc) is 3.10. The molecule has 0 saturated carbocycles. The molecule has 0 spiro atoms. The fraction of sp³-hybridized carbons (Fsp3) is 0.500. The van der Waals surface area contributed by atoms with Crippen LogP contribution in [0.25, 0.3) is 0 Å². The number of amides is 2. The van der Waals surface area contributed by atoms with Gasteiger partial charge in [0.2, 0.25) is 5.91 Å². The van der Waals surface area contributed by atoms with Crippen molar-refractivity contribution in [3.63, 3.8) is 0 Å². The van der Waals surface area contributed by atoms with Gasteiger partial charge in [0.25, 0.3) is 0 Å². The molecule has 0 bridgehead atoms. The van der Waals surface area contributed by atoms with Crippen LogP contribution >= 0.6 is 0 Å². The van der Waals surface area contributed by atoms with Crippen molar-refractivity contribution in [2.45, 2.75) is 37.5 Å². The Morgan fingerprint density at radius 3 is 2.62 bits per heavy atom. The molecule has 142 valence electrons. The van der Waals surface area contributed by atoms with E-state index < -0.39 is 36.1 Å². The molecular weight excluding hydrogens is 357 g/mol. The largest absolute Gasteiger partial charge is 0.441 e. The van der Waals surface area contributed by atoms with Gasteiger partial charge < -0.3 is 19.5 Å². The van der Waals surface area contributed by atoms with Gasteiger partial charge in [-0.15, -0.1) is 0 Å². The Kier molecular flexibility index (Phi) is 5.05. The summed E-state index contributed by atoms with van der Waals surface area (Å²) < 4.78 is 54.4. The number of carbonyl (C=O) groups excluding carboxylic acids is 2. The third-order valence-corrected chi connectivity index (χ3v) is 4.09. The highest BCUT2D eigenvalue weighted by molar-refractivity contribution is 5.84. The molecule has 7 nitrogen and oxygen atoms in total. The fourth-order valence-corrected chi connectivity index (χ4v) is 3.01. The number of nitrogens with one attached hydrogen (secondary N) is 2. The summed E-state index contributed by atoms with van der Waals surface area (Å²) in [6.07, 6.45) is -7.12. The zero-order chi connectivity index (χ0) is 18.9. The normalized spacial score (nSPS) is 27.7. The molecule has 10 heteroatoms. The first-order valence-corrected chi connectivity index (χ1v) is 7.89. The Morgan fingerprint density at radius 1 is 1.19 bits per heavy atom. The van der Waals surface area contributed by atoms with Gasteiger partial charge in [0.1, 0.15) is 12.2 Å². The van der Waals surface area contributed by atoms with E-state index in [1.807, 2.05) is 0 Å². The first-order valence-electron chi connectivity index (χ1n) is 7.89. The first-order chi connectivity index (χ1) is 12.2. The Bertz CT molecular complexity index is 697. The van der Waals surface area contributed by atoms with Crippen LogP contribution in [0.3, 0.4) is 0 Å². The number of alkyl halides is 3. The van der Waals surface area contributed by atoms with E-state index in [0.29, 0.717) is 0 Å². The van der Waals surface area contributed by atoms with Crippen LogP contribution in [0.15, 0.2) is 24.3 Å². The van der Waals surface area contributed by atoms with E-state index in [0.717, 1.165) is 12.1 Å². The second-order valence-electron chi connectivity index (χ2n) is 6.05. The molecule has 2 aliphatic rings. The van der Waals surface area contributed by atoms with Gasteiger partial charge >= 0.3 is 12.3 Å². The van der Waals surface area contributed by atoms with Gasteiger partial charge in [0.05, 0.1) is 24.8 Å². The lowest BCUT2D eigenvalue weighted by atomic mass is 10.1. The number of hydrogen-bond acceptors (Lipinski definition) is 5. The first kappa shape index (κ1) is 18.5. The Hall–Kier alpha value is -2.33. The predicted molar refractivity (Wildman–Crippen MR) is 82.4 cm³/mol. The van der Waals surface area contributed by atoms with E-state index >= 15 is 0 Å². The number of halogens is 3. The van der Waals surface area contributed by atoms with Crippen molar-refractivity contribution in [1.82, 2.24) is 5.32 Å². The number of fused-ring (bicyclic) bond motifs is 1. The van der Waals surface area contributed by atoms with Gasteiger partial charge in [-0.25, -0.2) is 4.79 Å². The van der Waals surface area contributed by atoms with Crippen molar-refractivity contribution in [2.75, 3.05) is 18.5 Å². The second-order valence-corrected chi connectivity index (χ2v) is 6.05. The molecule has 26 heavy (non-hydrogen) atoms. The van der Waals surface area contributed by atoms with E-state index in [1.165, 1.54) is 19.1 Å². The predicted octanol–water partition coefficient (Wildman–Crippen LogP) is 1.92. The molecule has 0 radical (unpaired) electrons. The molecule has 3 rings (SSSR count). The minimum Gasteiger partial charge on any atom is -0.441 e. The molecule has 2 heterocycles. The summed E-state index contributed by atoms with van der Waals surface area (Å²) in [4.78, 5) is 23.1. The highest BCUT2D eigenvalue weighted by Crippen LogP contribution is 2.31. The van der Waals surface area contributed by atoms with Crippen LogP contribution in [0.5, 0.6) is 0 Å². The summed E-state index contributed by atoms with van der Waals surface area (Å²) >= 11 is 0. The van der Waals surface area contributed by atoms with Crippen LogP contribution < -0.4 is 10.6 Å². The van der Waals surface area contributed by atoms with Gasteiger partial charge in [0.15, 0.2) is 6.10 Å². The molecule has 0 aromatic heterocycles. The van der Waals surface area contributed by atoms with Crippen molar-refractivity contribution in [2.24, 2.45) is 0 Å². The third kappa shape index (κ3) is 4.07. The molecular formula is C16H17F3N2O5. The summed E-state index contributed by atoms with van der Waals surface area (Å²) in [7, 11) is 0. The molecule has 2 amide bonds. The molecule has 1 aromatic rings. The zero-order valence-corrected chi connectivity index (χ0v) is 13.7. The zero-order valence-electron chi connectivity index (χ0n) is 13.7. The van der Waals surface area contributed by atoms with Crippen LogP contribution in [0, 0.1) is 0 Å². The molecule has 1 aromatic carbocycles. The SMILES string of the molecule is CC(=O)N[C@@H]1CO[C@@H]2[C@@H]1OC[C@H]2OC(=O)Nc1cccc(C(F)(F)F)c1. The molecule has 2 aliphatic heterocycles. The average molecular weight is 374 g/mol. The standard InChI is InChI=1S/C16H17F3N2O5/c1-8(22)20-11-6-24-14-12(7-25-13(11)14)26-15(23)21-10-4-2-3-9(5-10)16(17,18)19/h2-5,11-14H,6-7H2,1H3,(H,20,22)(H,21,23)/t11-,12-,13-,14+/m1/s1. The maximum atomic E-state index is 12.7. The van der Waals surface area contributed by atoms with Crippen molar-refractivity contribution in [1.29, 1.82) is 0 Å². The molecule has 0 aliphatic carbocycles. The van der Waals surface area contributed by atoms with Gasteiger partial charge in [-0.1, -0.05) is 6.07 Å². The van der Waals surface area contributed by atoms with Gasteiger partial charge in [-0.05, 0) is 18.2 Å². The number of anilines is 1. The maximum absolute atomic E-state index is 12.7. The van der Waals surface area contributed by atoms with Gasteiger partial charge in [-0.2, -0.15) is 13.2 Å². The summed E-state index contributed by atoms with van der Waals surface area (Å²) in [5.41, 5.74) is -0.916. The van der Waals surface area contributed by atoms with Gasteiger partial charge in [0, 0.05) is 12.6 Å². The van der Waals surface area contributed by atoms with Crippen LogP contribution in [-0.4, -0.2) is 49.6 Å². The van der Waals surface area contributed by atoms with Crippen molar-refractivity contribution < 1.29 is 37.0 Å². The molecule has 2 saturated heterocycles. The highest BCUT2D eigenvalue weighted by atomic mass is 19.4.